The fourth-order valence-corrected chi connectivity index (χ4v) is 4.62. The molecule has 0 bridgehead atoms. The van der Waals surface area contributed by atoms with E-state index >= 15 is 0 Å². The third-order valence-corrected chi connectivity index (χ3v) is 6.18. The summed E-state index contributed by atoms with van der Waals surface area (Å²) in [6.45, 7) is 0.111. The van der Waals surface area contributed by atoms with Gasteiger partial charge in [-0.1, -0.05) is 36.2 Å². The Hall–Kier alpha value is -2.60. The molecule has 1 aliphatic rings. The zero-order valence-electron chi connectivity index (χ0n) is 15.1. The maximum atomic E-state index is 12.9. The number of hydrogen-bond donors (Lipinski definition) is 0. The summed E-state index contributed by atoms with van der Waals surface area (Å²) in [4.78, 5) is 14.0. The van der Waals surface area contributed by atoms with Crippen LogP contribution in [0.3, 0.4) is 0 Å². The number of thiophene rings is 1. The molecule has 0 amide bonds. The zero-order valence-corrected chi connectivity index (χ0v) is 16.0. The van der Waals surface area contributed by atoms with Gasteiger partial charge in [-0.15, -0.1) is 11.3 Å². The van der Waals surface area contributed by atoms with Gasteiger partial charge in [0, 0.05) is 16.5 Å². The summed E-state index contributed by atoms with van der Waals surface area (Å²) >= 11 is 1.63. The van der Waals surface area contributed by atoms with Crippen molar-refractivity contribution in [3.05, 3.63) is 58.4 Å². The Balaban J connectivity index is 1.46. The Kier molecular flexibility index (Phi) is 4.99. The highest BCUT2D eigenvalue weighted by molar-refractivity contribution is 7.10. The van der Waals surface area contributed by atoms with Gasteiger partial charge in [0.25, 0.3) is 0 Å². The Morgan fingerprint density at radius 2 is 2.07 bits per heavy atom. The molecule has 1 aromatic carbocycles. The van der Waals surface area contributed by atoms with Crippen LogP contribution in [0.25, 0.3) is 11.3 Å². The van der Waals surface area contributed by atoms with E-state index in [0.29, 0.717) is 11.5 Å². The maximum Gasteiger partial charge on any atom is 0.317 e. The molecule has 6 heteroatoms. The lowest BCUT2D eigenvalue weighted by atomic mass is 9.84. The number of nitrogens with zero attached hydrogens (tertiary/aromatic N) is 1. The number of carbonyl (C=O) groups is 1. The molecule has 1 aliphatic carbocycles. The van der Waals surface area contributed by atoms with Crippen LogP contribution in [0.1, 0.15) is 36.3 Å². The van der Waals surface area contributed by atoms with Crippen molar-refractivity contribution >= 4 is 17.3 Å². The summed E-state index contributed by atoms with van der Waals surface area (Å²) in [7, 11) is 1.62. The minimum Gasteiger partial charge on any atom is -0.497 e. The molecule has 27 heavy (non-hydrogen) atoms. The van der Waals surface area contributed by atoms with Crippen LogP contribution in [-0.4, -0.2) is 18.2 Å². The van der Waals surface area contributed by atoms with E-state index in [9.17, 15) is 4.79 Å². The van der Waals surface area contributed by atoms with Gasteiger partial charge in [0.2, 0.25) is 0 Å². The van der Waals surface area contributed by atoms with Crippen molar-refractivity contribution < 1.29 is 18.8 Å². The highest BCUT2D eigenvalue weighted by atomic mass is 32.1. The summed E-state index contributed by atoms with van der Waals surface area (Å²) in [6, 6.07) is 13.4. The van der Waals surface area contributed by atoms with E-state index in [1.54, 1.807) is 24.5 Å². The summed E-state index contributed by atoms with van der Waals surface area (Å²) < 4.78 is 16.3. The highest BCUT2D eigenvalue weighted by Gasteiger charge is 2.45. The van der Waals surface area contributed by atoms with E-state index in [1.165, 1.54) is 0 Å². The van der Waals surface area contributed by atoms with Gasteiger partial charge in [-0.25, -0.2) is 0 Å². The second-order valence-corrected chi connectivity index (χ2v) is 7.70. The van der Waals surface area contributed by atoms with Crippen molar-refractivity contribution in [1.82, 2.24) is 5.16 Å². The minimum atomic E-state index is -0.493. The van der Waals surface area contributed by atoms with Crippen LogP contribution in [-0.2, 0) is 21.6 Å². The van der Waals surface area contributed by atoms with E-state index in [0.717, 1.165) is 41.9 Å². The second-order valence-electron chi connectivity index (χ2n) is 6.76. The molecule has 0 saturated heterocycles. The van der Waals surface area contributed by atoms with Crippen molar-refractivity contribution in [2.75, 3.05) is 7.11 Å². The number of aromatic nitrogens is 1. The van der Waals surface area contributed by atoms with Gasteiger partial charge < -0.3 is 14.0 Å². The molecule has 0 unspecified atom stereocenters. The first-order chi connectivity index (χ1) is 13.2. The second kappa shape index (κ2) is 7.56. The van der Waals surface area contributed by atoms with Crippen LogP contribution in [0, 0.1) is 0 Å². The zero-order chi connectivity index (χ0) is 18.7. The summed E-state index contributed by atoms with van der Waals surface area (Å²) in [5.74, 6) is 1.21. The molecule has 1 fully saturated rings. The summed E-state index contributed by atoms with van der Waals surface area (Å²) in [5.41, 5.74) is 0.971. The van der Waals surface area contributed by atoms with Crippen molar-refractivity contribution in [3.63, 3.8) is 0 Å². The number of ether oxygens (including phenoxy) is 2. The van der Waals surface area contributed by atoms with Gasteiger partial charge in [-0.05, 0) is 36.4 Å². The molecular formula is C21H21NO4S. The van der Waals surface area contributed by atoms with Crippen molar-refractivity contribution in [2.24, 2.45) is 0 Å². The average Bonchev–Trinajstić information content (AvgIpc) is 3.47. The summed E-state index contributed by atoms with van der Waals surface area (Å²) in [6.07, 6.45) is 3.80. The molecule has 0 N–H and O–H groups in total. The molecule has 1 saturated carbocycles. The predicted octanol–water partition coefficient (Wildman–Crippen LogP) is 4.97. The third kappa shape index (κ3) is 3.49. The van der Waals surface area contributed by atoms with Gasteiger partial charge in [0.1, 0.15) is 23.5 Å². The standard InChI is InChI=1S/C21H21NO4S/c1-24-17-7-4-6-15(12-17)18-13-16(22-26-18)14-25-20(23)21(9-2-3-10-21)19-8-5-11-27-19/h4-8,11-13H,2-3,9-10,14H2,1H3. The number of benzene rings is 1. The molecule has 5 nitrogen and oxygen atoms in total. The maximum absolute atomic E-state index is 12.9. The van der Waals surface area contributed by atoms with Gasteiger partial charge in [-0.2, -0.15) is 0 Å². The van der Waals surface area contributed by atoms with Crippen LogP contribution in [0.4, 0.5) is 0 Å². The van der Waals surface area contributed by atoms with Gasteiger partial charge in [0.15, 0.2) is 5.76 Å². The van der Waals surface area contributed by atoms with Gasteiger partial charge >= 0.3 is 5.97 Å². The topological polar surface area (TPSA) is 61.6 Å². The number of carbonyl (C=O) groups excluding carboxylic acids is 1. The predicted molar refractivity (Wildman–Crippen MR) is 103 cm³/mol. The van der Waals surface area contributed by atoms with E-state index in [4.69, 9.17) is 14.0 Å². The smallest absolute Gasteiger partial charge is 0.317 e. The number of rotatable bonds is 6. The Morgan fingerprint density at radius 3 is 2.81 bits per heavy atom. The van der Waals surface area contributed by atoms with Crippen molar-refractivity contribution in [1.29, 1.82) is 0 Å². The van der Waals surface area contributed by atoms with E-state index in [1.807, 2.05) is 41.8 Å². The lowest BCUT2D eigenvalue weighted by Crippen LogP contribution is -2.33. The fraction of sp³-hybridized carbons (Fsp3) is 0.333. The van der Waals surface area contributed by atoms with Gasteiger partial charge in [-0.3, -0.25) is 4.79 Å². The average molecular weight is 383 g/mol. The molecular weight excluding hydrogens is 362 g/mol. The number of methoxy groups -OCH3 is 1. The number of esters is 1. The van der Waals surface area contributed by atoms with E-state index in [2.05, 4.69) is 5.16 Å². The Labute approximate surface area is 161 Å². The molecule has 0 atom stereocenters. The van der Waals surface area contributed by atoms with E-state index in [-0.39, 0.29) is 12.6 Å². The Morgan fingerprint density at radius 1 is 1.22 bits per heavy atom. The molecule has 2 heterocycles. The molecule has 4 rings (SSSR count). The molecule has 140 valence electrons. The first kappa shape index (κ1) is 17.8. The van der Waals surface area contributed by atoms with Crippen molar-refractivity contribution in [2.45, 2.75) is 37.7 Å². The first-order valence-corrected chi connectivity index (χ1v) is 9.90. The lowest BCUT2D eigenvalue weighted by molar-refractivity contribution is -0.152. The normalized spacial score (nSPS) is 15.6. The molecule has 0 radical (unpaired) electrons. The number of hydrogen-bond acceptors (Lipinski definition) is 6. The monoisotopic (exact) mass is 383 g/mol. The van der Waals surface area contributed by atoms with Crippen LogP contribution in [0.15, 0.2) is 52.4 Å². The Bertz CT molecular complexity index is 910. The van der Waals surface area contributed by atoms with Crippen LogP contribution in [0.2, 0.25) is 0 Å². The largest absolute Gasteiger partial charge is 0.497 e. The van der Waals surface area contributed by atoms with Gasteiger partial charge in [0.05, 0.1) is 7.11 Å². The SMILES string of the molecule is COc1cccc(-c2cc(COC(=O)C3(c4cccs4)CCCC3)no2)c1. The lowest BCUT2D eigenvalue weighted by Gasteiger charge is -2.25. The quantitative estimate of drug-likeness (QED) is 0.563. The van der Waals surface area contributed by atoms with Crippen LogP contribution in [0.5, 0.6) is 5.75 Å². The van der Waals surface area contributed by atoms with E-state index < -0.39 is 5.41 Å². The molecule has 0 aliphatic heterocycles. The van der Waals surface area contributed by atoms with Crippen LogP contribution < -0.4 is 4.74 Å². The molecule has 3 aromatic rings. The molecule has 2 aromatic heterocycles. The first-order valence-electron chi connectivity index (χ1n) is 9.02. The third-order valence-electron chi connectivity index (χ3n) is 5.11. The van der Waals surface area contributed by atoms with Crippen molar-refractivity contribution in [3.8, 4) is 17.1 Å². The summed E-state index contributed by atoms with van der Waals surface area (Å²) in [5, 5.41) is 6.06. The van der Waals surface area contributed by atoms with Crippen LogP contribution >= 0.6 is 11.3 Å². The fourth-order valence-electron chi connectivity index (χ4n) is 3.65. The minimum absolute atomic E-state index is 0.111. The molecule has 0 spiro atoms. The highest BCUT2D eigenvalue weighted by Crippen LogP contribution is 2.44.